The lowest BCUT2D eigenvalue weighted by atomic mass is 10.1. The number of aromatic nitrogens is 2. The van der Waals surface area contributed by atoms with E-state index in [0.717, 1.165) is 0 Å². The van der Waals surface area contributed by atoms with Gasteiger partial charge in [-0.2, -0.15) is 0 Å². The van der Waals surface area contributed by atoms with Gasteiger partial charge in [0, 0.05) is 63.9 Å². The maximum absolute atomic E-state index is 2.49. The number of nitrogens with zero attached hydrogens (tertiary/aromatic N) is 2. The van der Waals surface area contributed by atoms with Gasteiger partial charge in [0.1, 0.15) is 0 Å². The zero-order chi connectivity index (χ0) is 29.9. The average Bonchev–Trinajstić information content (AvgIpc) is 3.86. The van der Waals surface area contributed by atoms with Crippen molar-refractivity contribution in [2.75, 3.05) is 0 Å². The van der Waals surface area contributed by atoms with Gasteiger partial charge in [-0.25, -0.2) is 0 Å². The third-order valence-corrected chi connectivity index (χ3v) is 12.1. The maximum atomic E-state index is 2.49. The molecule has 4 aromatic heterocycles. The molecule has 0 saturated heterocycles. The summed E-state index contributed by atoms with van der Waals surface area (Å²) in [5.41, 5.74) is 7.37. The van der Waals surface area contributed by atoms with E-state index in [2.05, 4.69) is 155 Å². The van der Waals surface area contributed by atoms with Crippen molar-refractivity contribution in [1.29, 1.82) is 0 Å². The number of para-hydroxylation sites is 2. The van der Waals surface area contributed by atoms with E-state index in [9.17, 15) is 0 Å². The number of hydrogen-bond acceptors (Lipinski definition) is 2. The summed E-state index contributed by atoms with van der Waals surface area (Å²) in [6.07, 6.45) is 0. The van der Waals surface area contributed by atoms with Crippen molar-refractivity contribution in [2.45, 2.75) is 0 Å². The van der Waals surface area contributed by atoms with Crippen LogP contribution in [0.15, 0.2) is 146 Å². The summed E-state index contributed by atoms with van der Waals surface area (Å²) < 4.78 is 10.3. The van der Waals surface area contributed by atoms with Crippen LogP contribution in [0.1, 0.15) is 0 Å². The molecule has 0 unspecified atom stereocenters. The zero-order valence-corrected chi connectivity index (χ0v) is 26.2. The van der Waals surface area contributed by atoms with Crippen LogP contribution >= 0.6 is 22.7 Å². The van der Waals surface area contributed by atoms with E-state index < -0.39 is 0 Å². The lowest BCUT2D eigenvalue weighted by molar-refractivity contribution is 1.14. The summed E-state index contributed by atoms with van der Waals surface area (Å²) in [5, 5.41) is 10.5. The van der Waals surface area contributed by atoms with Gasteiger partial charge in [-0.15, -0.1) is 22.7 Å². The number of fused-ring (bicyclic) bond motifs is 14. The van der Waals surface area contributed by atoms with Crippen LogP contribution < -0.4 is 0 Å². The molecule has 2 nitrogen and oxygen atoms in total. The van der Waals surface area contributed by atoms with Crippen LogP contribution in [0.25, 0.3) is 95.3 Å². The van der Waals surface area contributed by atoms with Crippen LogP contribution in [0.5, 0.6) is 0 Å². The van der Waals surface area contributed by atoms with Crippen molar-refractivity contribution >= 4 is 107 Å². The molecule has 4 heterocycles. The Kier molecular flexibility index (Phi) is 4.90. The molecular formula is C42H24N2S2. The van der Waals surface area contributed by atoms with Crippen LogP contribution in [-0.2, 0) is 0 Å². The Balaban J connectivity index is 1.26. The minimum absolute atomic E-state index is 1.17. The fourth-order valence-corrected chi connectivity index (χ4v) is 10.2. The molecule has 46 heavy (non-hydrogen) atoms. The van der Waals surface area contributed by atoms with E-state index >= 15 is 0 Å². The first kappa shape index (κ1) is 24.8. The molecular weight excluding hydrogens is 597 g/mol. The lowest BCUT2D eigenvalue weighted by Gasteiger charge is -2.13. The smallest absolute Gasteiger partial charge is 0.0719 e. The number of hydrogen-bond donors (Lipinski definition) is 0. The minimum Gasteiger partial charge on any atom is -0.308 e. The molecule has 0 bridgehead atoms. The molecule has 214 valence electrons. The molecule has 0 amide bonds. The van der Waals surface area contributed by atoms with Crippen LogP contribution in [0, 0.1) is 0 Å². The normalized spacial score (nSPS) is 12.3. The van der Waals surface area contributed by atoms with Gasteiger partial charge in [0.05, 0.1) is 31.5 Å². The SMILES string of the molecule is c1cc(-n2c3ccccc3c3ccc4c5ccccc5sc4c32)cc(-n2c3ccccc3c3ccc4c5ccccc5sc4c32)c1. The van der Waals surface area contributed by atoms with E-state index in [4.69, 9.17) is 0 Å². The van der Waals surface area contributed by atoms with Gasteiger partial charge < -0.3 is 9.13 Å². The molecule has 0 fully saturated rings. The summed E-state index contributed by atoms with van der Waals surface area (Å²) in [4.78, 5) is 0. The maximum Gasteiger partial charge on any atom is 0.0719 e. The molecule has 11 aromatic rings. The first-order valence-electron chi connectivity index (χ1n) is 15.6. The number of thiophene rings is 2. The molecule has 0 N–H and O–H groups in total. The second kappa shape index (κ2) is 9.07. The quantitative estimate of drug-likeness (QED) is 0.182. The summed E-state index contributed by atoms with van der Waals surface area (Å²) in [6, 6.07) is 53.7. The Hall–Kier alpha value is -5.42. The molecule has 7 aromatic carbocycles. The zero-order valence-electron chi connectivity index (χ0n) is 24.6. The molecule has 0 saturated carbocycles. The van der Waals surface area contributed by atoms with Crippen molar-refractivity contribution in [3.05, 3.63) is 146 Å². The highest BCUT2D eigenvalue weighted by Crippen LogP contribution is 2.45. The van der Waals surface area contributed by atoms with Gasteiger partial charge in [0.25, 0.3) is 0 Å². The van der Waals surface area contributed by atoms with Crippen LogP contribution in [-0.4, -0.2) is 9.13 Å². The molecule has 4 heteroatoms. The van der Waals surface area contributed by atoms with Crippen molar-refractivity contribution < 1.29 is 0 Å². The molecule has 0 aliphatic heterocycles. The second-order valence-corrected chi connectivity index (χ2v) is 14.2. The highest BCUT2D eigenvalue weighted by Gasteiger charge is 2.20. The average molecular weight is 621 g/mol. The Bertz CT molecular complexity index is 2840. The summed E-state index contributed by atoms with van der Waals surface area (Å²) in [7, 11) is 0. The third-order valence-electron chi connectivity index (χ3n) is 9.71. The predicted octanol–water partition coefficient (Wildman–Crippen LogP) is 12.6. The topological polar surface area (TPSA) is 9.86 Å². The summed E-state index contributed by atoms with van der Waals surface area (Å²) in [5.74, 6) is 0. The molecule has 0 aliphatic rings. The van der Waals surface area contributed by atoms with E-state index in [1.54, 1.807) is 0 Å². The van der Waals surface area contributed by atoms with E-state index in [1.165, 1.54) is 95.3 Å². The van der Waals surface area contributed by atoms with Crippen LogP contribution in [0.3, 0.4) is 0 Å². The van der Waals surface area contributed by atoms with Gasteiger partial charge in [-0.1, -0.05) is 103 Å². The Morgan fingerprint density at radius 2 is 0.739 bits per heavy atom. The Labute approximate surface area is 271 Å². The number of benzene rings is 7. The van der Waals surface area contributed by atoms with E-state index in [0.29, 0.717) is 0 Å². The van der Waals surface area contributed by atoms with Crippen LogP contribution in [0.2, 0.25) is 0 Å². The molecule has 0 spiro atoms. The summed E-state index contributed by atoms with van der Waals surface area (Å²) >= 11 is 3.80. The van der Waals surface area contributed by atoms with E-state index in [-0.39, 0.29) is 0 Å². The van der Waals surface area contributed by atoms with Crippen molar-refractivity contribution in [3.8, 4) is 11.4 Å². The third kappa shape index (κ3) is 3.20. The lowest BCUT2D eigenvalue weighted by Crippen LogP contribution is -1.98. The monoisotopic (exact) mass is 620 g/mol. The van der Waals surface area contributed by atoms with Gasteiger partial charge in [-0.3, -0.25) is 0 Å². The molecule has 11 rings (SSSR count). The minimum atomic E-state index is 1.17. The van der Waals surface area contributed by atoms with Gasteiger partial charge >= 0.3 is 0 Å². The fourth-order valence-electron chi connectivity index (χ4n) is 7.77. The van der Waals surface area contributed by atoms with Gasteiger partial charge in [-0.05, 0) is 42.5 Å². The van der Waals surface area contributed by atoms with Crippen molar-refractivity contribution in [3.63, 3.8) is 0 Å². The van der Waals surface area contributed by atoms with Gasteiger partial charge in [0.2, 0.25) is 0 Å². The van der Waals surface area contributed by atoms with Crippen molar-refractivity contribution in [2.24, 2.45) is 0 Å². The molecule has 0 atom stereocenters. The van der Waals surface area contributed by atoms with E-state index in [1.807, 2.05) is 22.7 Å². The predicted molar refractivity (Wildman–Crippen MR) is 201 cm³/mol. The summed E-state index contributed by atoms with van der Waals surface area (Å²) in [6.45, 7) is 0. The number of rotatable bonds is 2. The van der Waals surface area contributed by atoms with Crippen molar-refractivity contribution in [1.82, 2.24) is 9.13 Å². The van der Waals surface area contributed by atoms with Crippen LogP contribution in [0.4, 0.5) is 0 Å². The largest absolute Gasteiger partial charge is 0.308 e. The van der Waals surface area contributed by atoms with Gasteiger partial charge in [0.15, 0.2) is 0 Å². The molecule has 0 aliphatic carbocycles. The Morgan fingerprint density at radius 1 is 0.326 bits per heavy atom. The Morgan fingerprint density at radius 3 is 1.24 bits per heavy atom. The highest BCUT2D eigenvalue weighted by molar-refractivity contribution is 7.27. The standard InChI is InChI=1S/C42H24N2S2/c1-5-16-35-27(12-1)31-20-22-33-29-14-3-7-18-37(29)45-41(33)39(31)43(35)25-10-9-11-26(24-25)44-36-17-6-2-13-28(36)32-21-23-34-30-15-4-8-19-38(30)46-42(34)40(32)44/h1-24H. The first-order chi connectivity index (χ1) is 22.8. The first-order valence-corrected chi connectivity index (χ1v) is 17.2. The fraction of sp³-hybridized carbons (Fsp3) is 0. The highest BCUT2D eigenvalue weighted by atomic mass is 32.1. The second-order valence-electron chi connectivity index (χ2n) is 12.1. The molecule has 0 radical (unpaired) electrons.